The number of benzene rings is 2. The lowest BCUT2D eigenvalue weighted by Crippen LogP contribution is -2.07. The fraction of sp³-hybridized carbons (Fsp3) is 0.158. The SMILES string of the molecule is C=C(CC(=O)c1ccc(OC)cc1)Nc1ccc(NC(C)=O)cc1. The number of hydrogen-bond donors (Lipinski definition) is 2. The molecule has 0 heterocycles. The first-order chi connectivity index (χ1) is 11.5. The molecule has 2 aromatic carbocycles. The molecule has 24 heavy (non-hydrogen) atoms. The zero-order valence-corrected chi connectivity index (χ0v) is 13.8. The first-order valence-corrected chi connectivity index (χ1v) is 7.47. The molecule has 0 bridgehead atoms. The Morgan fingerprint density at radius 1 is 0.958 bits per heavy atom. The number of methoxy groups -OCH3 is 1. The highest BCUT2D eigenvalue weighted by Gasteiger charge is 2.08. The minimum absolute atomic E-state index is 0.0231. The zero-order valence-electron chi connectivity index (χ0n) is 13.8. The normalized spacial score (nSPS) is 9.92. The summed E-state index contributed by atoms with van der Waals surface area (Å²) in [5.41, 5.74) is 2.73. The highest BCUT2D eigenvalue weighted by Crippen LogP contribution is 2.18. The van der Waals surface area contributed by atoms with Crippen LogP contribution in [0, 0.1) is 0 Å². The Morgan fingerprint density at radius 3 is 2.00 bits per heavy atom. The molecule has 1 amide bonds. The molecule has 5 heteroatoms. The number of carbonyl (C=O) groups is 2. The Balaban J connectivity index is 1.92. The van der Waals surface area contributed by atoms with Crippen LogP contribution < -0.4 is 15.4 Å². The third kappa shape index (κ3) is 4.98. The van der Waals surface area contributed by atoms with Crippen molar-refractivity contribution in [3.63, 3.8) is 0 Å². The van der Waals surface area contributed by atoms with Gasteiger partial charge in [-0.3, -0.25) is 9.59 Å². The van der Waals surface area contributed by atoms with Gasteiger partial charge in [0.25, 0.3) is 0 Å². The van der Waals surface area contributed by atoms with Crippen molar-refractivity contribution >= 4 is 23.1 Å². The van der Waals surface area contributed by atoms with Gasteiger partial charge in [-0.25, -0.2) is 0 Å². The van der Waals surface area contributed by atoms with Crippen LogP contribution in [0.2, 0.25) is 0 Å². The van der Waals surface area contributed by atoms with E-state index < -0.39 is 0 Å². The molecule has 0 spiro atoms. The molecule has 0 aliphatic heterocycles. The summed E-state index contributed by atoms with van der Waals surface area (Å²) in [6.07, 6.45) is 0.194. The quantitative estimate of drug-likeness (QED) is 0.759. The van der Waals surface area contributed by atoms with Crippen LogP contribution in [0.1, 0.15) is 23.7 Å². The summed E-state index contributed by atoms with van der Waals surface area (Å²) in [6.45, 7) is 5.35. The van der Waals surface area contributed by atoms with Crippen molar-refractivity contribution in [1.82, 2.24) is 0 Å². The van der Waals surface area contributed by atoms with Crippen LogP contribution >= 0.6 is 0 Å². The second kappa shape index (κ2) is 7.97. The molecular formula is C19H20N2O3. The van der Waals surface area contributed by atoms with Crippen molar-refractivity contribution in [2.75, 3.05) is 17.7 Å². The molecule has 0 aliphatic carbocycles. The van der Waals surface area contributed by atoms with E-state index in [1.165, 1.54) is 6.92 Å². The van der Waals surface area contributed by atoms with Crippen LogP contribution in [0.4, 0.5) is 11.4 Å². The Kier molecular flexibility index (Phi) is 5.73. The van der Waals surface area contributed by atoms with E-state index >= 15 is 0 Å². The molecule has 0 saturated carbocycles. The summed E-state index contributed by atoms with van der Waals surface area (Å²) < 4.78 is 5.08. The Hall–Kier alpha value is -3.08. The molecule has 124 valence electrons. The van der Waals surface area contributed by atoms with Crippen LogP contribution in [-0.4, -0.2) is 18.8 Å². The Bertz CT molecular complexity index is 734. The van der Waals surface area contributed by atoms with E-state index in [-0.39, 0.29) is 18.1 Å². The fourth-order valence-corrected chi connectivity index (χ4v) is 2.16. The van der Waals surface area contributed by atoms with Crippen LogP contribution in [0.5, 0.6) is 5.75 Å². The standard InChI is InChI=1S/C19H20N2O3/c1-13(12-19(23)15-4-10-18(24-3)11-5-15)20-16-6-8-17(9-7-16)21-14(2)22/h4-11,20H,1,12H2,2-3H3,(H,21,22). The van der Waals surface area contributed by atoms with Crippen molar-refractivity contribution in [2.45, 2.75) is 13.3 Å². The Labute approximate surface area is 141 Å². The van der Waals surface area contributed by atoms with Gasteiger partial charge in [0.2, 0.25) is 5.91 Å². The summed E-state index contributed by atoms with van der Waals surface area (Å²) in [5.74, 6) is 0.568. The number of anilines is 2. The van der Waals surface area contributed by atoms with Crippen molar-refractivity contribution in [1.29, 1.82) is 0 Å². The monoisotopic (exact) mass is 324 g/mol. The van der Waals surface area contributed by atoms with E-state index in [0.29, 0.717) is 22.7 Å². The lowest BCUT2D eigenvalue weighted by molar-refractivity contribution is -0.114. The number of Topliss-reactive ketones (excluding diaryl/α,β-unsaturated/α-hetero) is 1. The third-order valence-electron chi connectivity index (χ3n) is 3.31. The van der Waals surface area contributed by atoms with Gasteiger partial charge in [-0.15, -0.1) is 0 Å². The van der Waals surface area contributed by atoms with Gasteiger partial charge in [0.1, 0.15) is 5.75 Å². The maximum Gasteiger partial charge on any atom is 0.221 e. The molecule has 0 saturated heterocycles. The minimum Gasteiger partial charge on any atom is -0.497 e. The van der Waals surface area contributed by atoms with Crippen LogP contribution in [0.25, 0.3) is 0 Å². The highest BCUT2D eigenvalue weighted by molar-refractivity contribution is 5.97. The Morgan fingerprint density at radius 2 is 1.50 bits per heavy atom. The lowest BCUT2D eigenvalue weighted by Gasteiger charge is -2.10. The van der Waals surface area contributed by atoms with Gasteiger partial charge in [0.15, 0.2) is 5.78 Å². The molecule has 0 aliphatic rings. The number of ether oxygens (including phenoxy) is 1. The molecule has 0 aromatic heterocycles. The number of allylic oxidation sites excluding steroid dienone is 1. The number of ketones is 1. The van der Waals surface area contributed by atoms with E-state index in [4.69, 9.17) is 4.74 Å². The third-order valence-corrected chi connectivity index (χ3v) is 3.31. The molecule has 0 atom stereocenters. The lowest BCUT2D eigenvalue weighted by atomic mass is 10.1. The molecule has 5 nitrogen and oxygen atoms in total. The predicted molar refractivity (Wildman–Crippen MR) is 95.4 cm³/mol. The number of nitrogens with one attached hydrogen (secondary N) is 2. The van der Waals surface area contributed by atoms with E-state index in [9.17, 15) is 9.59 Å². The molecule has 2 aromatic rings. The van der Waals surface area contributed by atoms with Gasteiger partial charge >= 0.3 is 0 Å². The van der Waals surface area contributed by atoms with Crippen molar-refractivity contribution in [3.8, 4) is 5.75 Å². The molecule has 2 N–H and O–H groups in total. The molecular weight excluding hydrogens is 304 g/mol. The molecule has 0 fully saturated rings. The van der Waals surface area contributed by atoms with Crippen molar-refractivity contribution in [2.24, 2.45) is 0 Å². The summed E-state index contributed by atoms with van der Waals surface area (Å²) >= 11 is 0. The number of amides is 1. The van der Waals surface area contributed by atoms with Crippen molar-refractivity contribution < 1.29 is 14.3 Å². The molecule has 2 rings (SSSR count). The second-order valence-electron chi connectivity index (χ2n) is 5.32. The maximum absolute atomic E-state index is 12.2. The van der Waals surface area contributed by atoms with E-state index in [0.717, 1.165) is 5.69 Å². The maximum atomic E-state index is 12.2. The average Bonchev–Trinajstić information content (AvgIpc) is 2.56. The van der Waals surface area contributed by atoms with Gasteiger partial charge in [-0.1, -0.05) is 6.58 Å². The average molecular weight is 324 g/mol. The van der Waals surface area contributed by atoms with Crippen LogP contribution in [0.15, 0.2) is 60.8 Å². The van der Waals surface area contributed by atoms with Gasteiger partial charge in [-0.2, -0.15) is 0 Å². The zero-order chi connectivity index (χ0) is 17.5. The summed E-state index contributed by atoms with van der Waals surface area (Å²) in [5, 5.41) is 5.79. The van der Waals surface area contributed by atoms with Gasteiger partial charge in [0.05, 0.1) is 13.5 Å². The molecule has 0 unspecified atom stereocenters. The number of carbonyl (C=O) groups excluding carboxylic acids is 2. The summed E-state index contributed by atoms with van der Waals surface area (Å²) in [7, 11) is 1.58. The summed E-state index contributed by atoms with van der Waals surface area (Å²) in [4.78, 5) is 23.2. The first kappa shape index (κ1) is 17.3. The van der Waals surface area contributed by atoms with Gasteiger partial charge in [-0.05, 0) is 48.5 Å². The first-order valence-electron chi connectivity index (χ1n) is 7.47. The van der Waals surface area contributed by atoms with Gasteiger partial charge in [0, 0.05) is 29.6 Å². The minimum atomic E-state index is -0.120. The number of rotatable bonds is 7. The van der Waals surface area contributed by atoms with Crippen LogP contribution in [0.3, 0.4) is 0 Å². The largest absolute Gasteiger partial charge is 0.497 e. The second-order valence-corrected chi connectivity index (χ2v) is 5.32. The van der Waals surface area contributed by atoms with E-state index in [1.807, 2.05) is 12.1 Å². The van der Waals surface area contributed by atoms with Gasteiger partial charge < -0.3 is 15.4 Å². The topological polar surface area (TPSA) is 67.4 Å². The van der Waals surface area contributed by atoms with E-state index in [2.05, 4.69) is 17.2 Å². The van der Waals surface area contributed by atoms with E-state index in [1.54, 1.807) is 43.5 Å². The molecule has 0 radical (unpaired) electrons. The smallest absolute Gasteiger partial charge is 0.221 e. The summed E-state index contributed by atoms with van der Waals surface area (Å²) in [6, 6.07) is 14.2. The van der Waals surface area contributed by atoms with Crippen LogP contribution in [-0.2, 0) is 4.79 Å². The van der Waals surface area contributed by atoms with Crippen molar-refractivity contribution in [3.05, 3.63) is 66.4 Å². The predicted octanol–water partition coefficient (Wildman–Crippen LogP) is 3.85. The highest BCUT2D eigenvalue weighted by atomic mass is 16.5. The number of hydrogen-bond acceptors (Lipinski definition) is 4. The fourth-order valence-electron chi connectivity index (χ4n) is 2.16.